The fourth-order valence-corrected chi connectivity index (χ4v) is 3.22. The Morgan fingerprint density at radius 3 is 2.33 bits per heavy atom. The highest BCUT2D eigenvalue weighted by Crippen LogP contribution is 2.37. The van der Waals surface area contributed by atoms with Crippen LogP contribution >= 0.6 is 0 Å². The van der Waals surface area contributed by atoms with Gasteiger partial charge in [-0.15, -0.1) is 0 Å². The highest BCUT2D eigenvalue weighted by atomic mass is 19.4. The molecule has 1 aliphatic heterocycles. The minimum atomic E-state index is -4.55. The van der Waals surface area contributed by atoms with Crippen molar-refractivity contribution < 1.29 is 17.6 Å². The molecule has 0 aliphatic carbocycles. The highest BCUT2D eigenvalue weighted by Gasteiger charge is 2.40. The molecule has 3 nitrogen and oxygen atoms in total. The standard InChI is InChI=1S/C20H15F4N3/c21-15-8-6-13(7-9-15)10-14-11-25-12-17-18(14)27(16-4-2-1-3-5-16)26-19(17)20(22,23)24/h1-10,25H,11-12H2/b14-10-. The van der Waals surface area contributed by atoms with E-state index in [-0.39, 0.29) is 17.9 Å². The van der Waals surface area contributed by atoms with Crippen molar-refractivity contribution in [3.05, 3.63) is 82.9 Å². The number of nitrogens with zero attached hydrogens (tertiary/aromatic N) is 2. The van der Waals surface area contributed by atoms with Crippen LogP contribution in [0.3, 0.4) is 0 Å². The molecule has 0 fully saturated rings. The quantitative estimate of drug-likeness (QED) is 0.662. The SMILES string of the molecule is Fc1ccc(/C=C2/CNCc3c(C(F)(F)F)nn(-c4ccccc4)c32)cc1. The molecule has 27 heavy (non-hydrogen) atoms. The molecule has 2 heterocycles. The molecular formula is C20H15F4N3. The van der Waals surface area contributed by atoms with E-state index in [1.165, 1.54) is 16.8 Å². The van der Waals surface area contributed by atoms with Crippen LogP contribution in [0.25, 0.3) is 17.3 Å². The first kappa shape index (κ1) is 17.5. The number of nitrogens with one attached hydrogen (secondary N) is 1. The average molecular weight is 373 g/mol. The van der Waals surface area contributed by atoms with Gasteiger partial charge in [-0.05, 0) is 41.5 Å². The van der Waals surface area contributed by atoms with E-state index in [2.05, 4.69) is 10.4 Å². The Labute approximate surface area is 152 Å². The summed E-state index contributed by atoms with van der Waals surface area (Å²) in [5.41, 5.74) is 1.57. The molecule has 0 spiro atoms. The van der Waals surface area contributed by atoms with Gasteiger partial charge >= 0.3 is 6.18 Å². The number of alkyl halides is 3. The van der Waals surface area contributed by atoms with Gasteiger partial charge in [-0.3, -0.25) is 0 Å². The number of hydrogen-bond donors (Lipinski definition) is 1. The van der Waals surface area contributed by atoms with Crippen LogP contribution in [0.5, 0.6) is 0 Å². The maximum atomic E-state index is 13.5. The van der Waals surface area contributed by atoms with E-state index in [0.29, 0.717) is 29.1 Å². The number of fused-ring (bicyclic) bond motifs is 1. The van der Waals surface area contributed by atoms with Gasteiger partial charge in [0.2, 0.25) is 0 Å². The Balaban J connectivity index is 1.92. The zero-order valence-corrected chi connectivity index (χ0v) is 14.1. The topological polar surface area (TPSA) is 29.9 Å². The predicted molar refractivity (Wildman–Crippen MR) is 94.5 cm³/mol. The van der Waals surface area contributed by atoms with Crippen molar-refractivity contribution in [1.82, 2.24) is 15.1 Å². The van der Waals surface area contributed by atoms with Crippen LogP contribution in [-0.2, 0) is 12.7 Å². The lowest BCUT2D eigenvalue weighted by molar-refractivity contribution is -0.142. The molecule has 0 amide bonds. The molecule has 1 aliphatic rings. The molecule has 4 rings (SSSR count). The largest absolute Gasteiger partial charge is 0.435 e. The fraction of sp³-hybridized carbons (Fsp3) is 0.150. The lowest BCUT2D eigenvalue weighted by Gasteiger charge is -2.20. The second kappa shape index (κ2) is 6.66. The van der Waals surface area contributed by atoms with Crippen molar-refractivity contribution in [2.24, 2.45) is 0 Å². The zero-order valence-electron chi connectivity index (χ0n) is 14.1. The molecule has 2 aromatic carbocycles. The average Bonchev–Trinajstić information content (AvgIpc) is 3.05. The van der Waals surface area contributed by atoms with Crippen molar-refractivity contribution in [1.29, 1.82) is 0 Å². The minimum absolute atomic E-state index is 0.0811. The lowest BCUT2D eigenvalue weighted by Crippen LogP contribution is -2.25. The third kappa shape index (κ3) is 3.38. The zero-order chi connectivity index (χ0) is 19.0. The summed E-state index contributed by atoms with van der Waals surface area (Å²) in [7, 11) is 0. The maximum Gasteiger partial charge on any atom is 0.435 e. The summed E-state index contributed by atoms with van der Waals surface area (Å²) in [5.74, 6) is -0.367. The van der Waals surface area contributed by atoms with E-state index in [1.807, 2.05) is 0 Å². The second-order valence-corrected chi connectivity index (χ2v) is 6.25. The summed E-state index contributed by atoms with van der Waals surface area (Å²) in [6.07, 6.45) is -2.80. The molecule has 1 aromatic heterocycles. The van der Waals surface area contributed by atoms with Crippen LogP contribution in [0.1, 0.15) is 22.5 Å². The summed E-state index contributed by atoms with van der Waals surface area (Å²) >= 11 is 0. The Morgan fingerprint density at radius 1 is 0.963 bits per heavy atom. The van der Waals surface area contributed by atoms with Crippen LogP contribution < -0.4 is 5.32 Å². The molecule has 0 saturated heterocycles. The van der Waals surface area contributed by atoms with Gasteiger partial charge in [-0.1, -0.05) is 30.3 Å². The van der Waals surface area contributed by atoms with Gasteiger partial charge in [-0.2, -0.15) is 18.3 Å². The first-order chi connectivity index (χ1) is 12.9. The fourth-order valence-electron chi connectivity index (χ4n) is 3.22. The number of hydrogen-bond acceptors (Lipinski definition) is 2. The molecule has 1 N–H and O–H groups in total. The molecule has 0 bridgehead atoms. The second-order valence-electron chi connectivity index (χ2n) is 6.25. The molecule has 0 saturated carbocycles. The van der Waals surface area contributed by atoms with Gasteiger partial charge in [0, 0.05) is 18.7 Å². The van der Waals surface area contributed by atoms with Gasteiger partial charge in [-0.25, -0.2) is 9.07 Å². The Bertz CT molecular complexity index is 987. The van der Waals surface area contributed by atoms with E-state index >= 15 is 0 Å². The van der Waals surface area contributed by atoms with Crippen molar-refractivity contribution in [3.8, 4) is 5.69 Å². The van der Waals surface area contributed by atoms with E-state index in [4.69, 9.17) is 0 Å². The minimum Gasteiger partial charge on any atom is -0.308 e. The monoisotopic (exact) mass is 373 g/mol. The summed E-state index contributed by atoms with van der Waals surface area (Å²) in [6.45, 7) is 0.470. The van der Waals surface area contributed by atoms with E-state index in [0.717, 1.165) is 0 Å². The van der Waals surface area contributed by atoms with E-state index in [9.17, 15) is 17.6 Å². The molecule has 3 aromatic rings. The number of rotatable bonds is 2. The molecule has 7 heteroatoms. The third-order valence-electron chi connectivity index (χ3n) is 4.39. The molecule has 0 radical (unpaired) electrons. The number of para-hydroxylation sites is 1. The van der Waals surface area contributed by atoms with Crippen LogP contribution in [0.2, 0.25) is 0 Å². The van der Waals surface area contributed by atoms with Crippen LogP contribution in [-0.4, -0.2) is 16.3 Å². The Hall–Kier alpha value is -2.93. The summed E-state index contributed by atoms with van der Waals surface area (Å²) in [4.78, 5) is 0. The molecule has 0 atom stereocenters. The Kier molecular flexibility index (Phi) is 4.31. The van der Waals surface area contributed by atoms with E-state index in [1.54, 1.807) is 48.5 Å². The summed E-state index contributed by atoms with van der Waals surface area (Å²) < 4.78 is 55.1. The first-order valence-corrected chi connectivity index (χ1v) is 8.35. The van der Waals surface area contributed by atoms with Crippen molar-refractivity contribution in [2.75, 3.05) is 6.54 Å². The van der Waals surface area contributed by atoms with Gasteiger partial charge in [0.15, 0.2) is 5.69 Å². The van der Waals surface area contributed by atoms with Crippen molar-refractivity contribution in [2.45, 2.75) is 12.7 Å². The highest BCUT2D eigenvalue weighted by molar-refractivity contribution is 5.84. The predicted octanol–water partition coefficient (Wildman–Crippen LogP) is 4.67. The third-order valence-corrected chi connectivity index (χ3v) is 4.39. The molecular weight excluding hydrogens is 358 g/mol. The Morgan fingerprint density at radius 2 is 1.67 bits per heavy atom. The van der Waals surface area contributed by atoms with Crippen LogP contribution in [0.4, 0.5) is 17.6 Å². The van der Waals surface area contributed by atoms with Gasteiger partial charge in [0.1, 0.15) is 5.82 Å². The van der Waals surface area contributed by atoms with Crippen molar-refractivity contribution in [3.63, 3.8) is 0 Å². The molecule has 138 valence electrons. The normalized spacial score (nSPS) is 15.8. The number of aromatic nitrogens is 2. The van der Waals surface area contributed by atoms with Gasteiger partial charge in [0.25, 0.3) is 0 Å². The van der Waals surface area contributed by atoms with E-state index < -0.39 is 11.9 Å². The van der Waals surface area contributed by atoms with Crippen LogP contribution in [0.15, 0.2) is 54.6 Å². The number of benzene rings is 2. The van der Waals surface area contributed by atoms with Gasteiger partial charge < -0.3 is 5.32 Å². The van der Waals surface area contributed by atoms with Crippen LogP contribution in [0, 0.1) is 5.82 Å². The van der Waals surface area contributed by atoms with Crippen molar-refractivity contribution >= 4 is 11.6 Å². The number of halogens is 4. The molecule has 0 unspecified atom stereocenters. The summed E-state index contributed by atoms with van der Waals surface area (Å²) in [6, 6.07) is 14.5. The van der Waals surface area contributed by atoms with Gasteiger partial charge in [0.05, 0.1) is 11.4 Å². The maximum absolute atomic E-state index is 13.5. The lowest BCUT2D eigenvalue weighted by atomic mass is 9.99. The summed E-state index contributed by atoms with van der Waals surface area (Å²) in [5, 5.41) is 6.89. The smallest absolute Gasteiger partial charge is 0.308 e. The first-order valence-electron chi connectivity index (χ1n) is 8.35.